The number of anilines is 1. The van der Waals surface area contributed by atoms with Crippen LogP contribution in [0.2, 0.25) is 0 Å². The van der Waals surface area contributed by atoms with Gasteiger partial charge in [-0.05, 0) is 12.1 Å². The Kier molecular flexibility index (Phi) is 2.43. The number of hydrogen-bond donors (Lipinski definition) is 1. The highest BCUT2D eigenvalue weighted by atomic mass is 19.1. The second-order valence-electron chi connectivity index (χ2n) is 2.93. The summed E-state index contributed by atoms with van der Waals surface area (Å²) in [7, 11) is 1.31. The molecule has 0 bridgehead atoms. The Balaban J connectivity index is 2.54. The van der Waals surface area contributed by atoms with E-state index in [4.69, 9.17) is 10.2 Å². The summed E-state index contributed by atoms with van der Waals surface area (Å²) in [5.74, 6) is -1.70. The average molecular weight is 227 g/mol. The van der Waals surface area contributed by atoms with Gasteiger partial charge in [0.05, 0.1) is 18.4 Å². The van der Waals surface area contributed by atoms with Crippen molar-refractivity contribution in [2.45, 2.75) is 0 Å². The number of hydrogen-bond acceptors (Lipinski definition) is 5. The van der Waals surface area contributed by atoms with Crippen LogP contribution in [0.5, 0.6) is 6.08 Å². The minimum Gasteiger partial charge on any atom is -0.452 e. The number of nitrogens with zero attached hydrogens (tertiary/aromatic N) is 2. The monoisotopic (exact) mass is 227 g/mol. The van der Waals surface area contributed by atoms with Gasteiger partial charge in [0.15, 0.2) is 5.82 Å². The first-order valence-corrected chi connectivity index (χ1v) is 4.24. The van der Waals surface area contributed by atoms with Crippen molar-refractivity contribution in [3.63, 3.8) is 0 Å². The van der Waals surface area contributed by atoms with Crippen molar-refractivity contribution in [3.8, 4) is 17.5 Å². The zero-order valence-corrected chi connectivity index (χ0v) is 8.20. The van der Waals surface area contributed by atoms with Gasteiger partial charge in [-0.2, -0.15) is 0 Å². The molecular weight excluding hydrogens is 220 g/mol. The lowest BCUT2D eigenvalue weighted by molar-refractivity contribution is 0.293. The quantitative estimate of drug-likeness (QED) is 0.789. The van der Waals surface area contributed by atoms with Crippen LogP contribution in [-0.2, 0) is 0 Å². The lowest BCUT2D eigenvalue weighted by Crippen LogP contribution is -1.95. The molecule has 1 heterocycles. The summed E-state index contributed by atoms with van der Waals surface area (Å²) >= 11 is 0. The molecule has 2 aromatic rings. The van der Waals surface area contributed by atoms with Crippen molar-refractivity contribution in [2.24, 2.45) is 0 Å². The van der Waals surface area contributed by atoms with E-state index < -0.39 is 11.6 Å². The first-order valence-electron chi connectivity index (χ1n) is 4.24. The van der Waals surface area contributed by atoms with Gasteiger partial charge in [-0.25, -0.2) is 8.78 Å². The Bertz CT molecular complexity index is 527. The minimum atomic E-state index is -0.812. The molecule has 7 heteroatoms. The Labute approximate surface area is 88.8 Å². The highest BCUT2D eigenvalue weighted by Crippen LogP contribution is 2.27. The van der Waals surface area contributed by atoms with Crippen LogP contribution in [0.15, 0.2) is 16.5 Å². The van der Waals surface area contributed by atoms with Gasteiger partial charge >= 0.3 is 6.08 Å². The van der Waals surface area contributed by atoms with Crippen LogP contribution >= 0.6 is 0 Å². The number of aromatic nitrogens is 2. The lowest BCUT2D eigenvalue weighted by Gasteiger charge is -2.01. The molecule has 0 atom stereocenters. The number of methoxy groups -OCH3 is 1. The Hall–Kier alpha value is -2.18. The Morgan fingerprint density at radius 3 is 2.69 bits per heavy atom. The first-order chi connectivity index (χ1) is 7.61. The summed E-state index contributed by atoms with van der Waals surface area (Å²) in [6.45, 7) is 0. The minimum absolute atomic E-state index is 0.141. The summed E-state index contributed by atoms with van der Waals surface area (Å²) < 4.78 is 36.1. The van der Waals surface area contributed by atoms with E-state index in [-0.39, 0.29) is 23.2 Å². The maximum Gasteiger partial charge on any atom is 0.414 e. The SMILES string of the molecule is COc1nnc(-c2cc(F)cc(N)c2F)o1. The number of nitrogen functional groups attached to an aromatic ring is 1. The molecule has 0 aliphatic rings. The van der Waals surface area contributed by atoms with E-state index in [1.54, 1.807) is 0 Å². The van der Waals surface area contributed by atoms with E-state index in [1.165, 1.54) is 7.11 Å². The van der Waals surface area contributed by atoms with Crippen LogP contribution in [0, 0.1) is 11.6 Å². The van der Waals surface area contributed by atoms with Crippen molar-refractivity contribution >= 4 is 5.69 Å². The van der Waals surface area contributed by atoms with Gasteiger partial charge in [0.25, 0.3) is 5.89 Å². The molecule has 0 unspecified atom stereocenters. The van der Waals surface area contributed by atoms with E-state index in [1.807, 2.05) is 0 Å². The molecule has 84 valence electrons. The second kappa shape index (κ2) is 3.76. The van der Waals surface area contributed by atoms with Crippen LogP contribution < -0.4 is 10.5 Å². The Morgan fingerprint density at radius 2 is 2.06 bits per heavy atom. The molecule has 1 aromatic carbocycles. The summed E-state index contributed by atoms with van der Waals surface area (Å²) in [6.07, 6.45) is -0.141. The predicted molar refractivity (Wildman–Crippen MR) is 50.6 cm³/mol. The van der Waals surface area contributed by atoms with Gasteiger partial charge in [0.2, 0.25) is 0 Å². The summed E-state index contributed by atoms with van der Waals surface area (Å²) in [5, 5.41) is 6.94. The maximum atomic E-state index is 13.5. The van der Waals surface area contributed by atoms with E-state index in [2.05, 4.69) is 14.9 Å². The van der Waals surface area contributed by atoms with Gasteiger partial charge in [-0.15, -0.1) is 5.10 Å². The molecule has 1 aromatic heterocycles. The second-order valence-corrected chi connectivity index (χ2v) is 2.93. The molecule has 0 spiro atoms. The molecule has 0 saturated carbocycles. The predicted octanol–water partition coefficient (Wildman–Crippen LogP) is 1.61. The number of rotatable bonds is 2. The Morgan fingerprint density at radius 1 is 1.31 bits per heavy atom. The first kappa shape index (κ1) is 10.3. The number of benzene rings is 1. The van der Waals surface area contributed by atoms with Crippen LogP contribution in [0.3, 0.4) is 0 Å². The number of halogens is 2. The zero-order chi connectivity index (χ0) is 11.7. The van der Waals surface area contributed by atoms with Crippen molar-refractivity contribution in [1.29, 1.82) is 0 Å². The fourth-order valence-corrected chi connectivity index (χ4v) is 1.17. The van der Waals surface area contributed by atoms with Crippen molar-refractivity contribution in [1.82, 2.24) is 10.2 Å². The van der Waals surface area contributed by atoms with E-state index in [9.17, 15) is 8.78 Å². The molecule has 0 amide bonds. The topological polar surface area (TPSA) is 74.2 Å². The molecular formula is C9H7F2N3O2. The fourth-order valence-electron chi connectivity index (χ4n) is 1.17. The normalized spacial score (nSPS) is 10.4. The van der Waals surface area contributed by atoms with Crippen LogP contribution in [0.25, 0.3) is 11.5 Å². The van der Waals surface area contributed by atoms with Crippen LogP contribution in [0.4, 0.5) is 14.5 Å². The molecule has 0 radical (unpaired) electrons. The molecule has 0 aliphatic heterocycles. The van der Waals surface area contributed by atoms with Crippen molar-refractivity contribution in [2.75, 3.05) is 12.8 Å². The standard InChI is InChI=1S/C9H7F2N3O2/c1-15-9-14-13-8(16-9)5-2-4(10)3-6(12)7(5)11/h2-3H,12H2,1H3. The van der Waals surface area contributed by atoms with Gasteiger partial charge in [-0.3, -0.25) is 0 Å². The van der Waals surface area contributed by atoms with Gasteiger partial charge in [0, 0.05) is 0 Å². The summed E-state index contributed by atoms with van der Waals surface area (Å²) in [5.41, 5.74) is 4.73. The van der Waals surface area contributed by atoms with Crippen molar-refractivity contribution in [3.05, 3.63) is 23.8 Å². The zero-order valence-electron chi connectivity index (χ0n) is 8.20. The maximum absolute atomic E-state index is 13.5. The molecule has 2 N–H and O–H groups in total. The third-order valence-corrected chi connectivity index (χ3v) is 1.88. The van der Waals surface area contributed by atoms with Gasteiger partial charge < -0.3 is 14.9 Å². The van der Waals surface area contributed by atoms with Crippen molar-refractivity contribution < 1.29 is 17.9 Å². The highest BCUT2D eigenvalue weighted by molar-refractivity contribution is 5.61. The molecule has 0 fully saturated rings. The molecule has 5 nitrogen and oxygen atoms in total. The van der Waals surface area contributed by atoms with E-state index in [0.717, 1.165) is 12.1 Å². The molecule has 2 rings (SSSR count). The number of ether oxygens (including phenoxy) is 1. The van der Waals surface area contributed by atoms with E-state index >= 15 is 0 Å². The summed E-state index contributed by atoms with van der Waals surface area (Å²) in [6, 6.07) is 1.78. The van der Waals surface area contributed by atoms with Gasteiger partial charge in [-0.1, -0.05) is 5.10 Å². The average Bonchev–Trinajstić information content (AvgIpc) is 2.71. The van der Waals surface area contributed by atoms with E-state index in [0.29, 0.717) is 0 Å². The van der Waals surface area contributed by atoms with Crippen LogP contribution in [-0.4, -0.2) is 17.3 Å². The van der Waals surface area contributed by atoms with Gasteiger partial charge in [0.1, 0.15) is 5.82 Å². The third-order valence-electron chi connectivity index (χ3n) is 1.88. The smallest absolute Gasteiger partial charge is 0.414 e. The fraction of sp³-hybridized carbons (Fsp3) is 0.111. The van der Waals surface area contributed by atoms with Crippen LogP contribution in [0.1, 0.15) is 0 Å². The molecule has 0 aliphatic carbocycles. The lowest BCUT2D eigenvalue weighted by atomic mass is 10.2. The molecule has 16 heavy (non-hydrogen) atoms. The summed E-state index contributed by atoms with van der Waals surface area (Å²) in [4.78, 5) is 0. The highest BCUT2D eigenvalue weighted by Gasteiger charge is 2.16. The number of nitrogens with two attached hydrogens (primary N) is 1. The third kappa shape index (κ3) is 1.67. The molecule has 0 saturated heterocycles. The largest absolute Gasteiger partial charge is 0.452 e.